The van der Waals surface area contributed by atoms with E-state index in [-0.39, 0.29) is 18.6 Å². The van der Waals surface area contributed by atoms with Gasteiger partial charge in [0.15, 0.2) is 18.0 Å². The van der Waals surface area contributed by atoms with Gasteiger partial charge in [-0.25, -0.2) is 4.58 Å². The second kappa shape index (κ2) is 18.1. The zero-order valence-electron chi connectivity index (χ0n) is 28.5. The number of ketones is 1. The number of aliphatic hydroxyl groups is 1. The van der Waals surface area contributed by atoms with Crippen LogP contribution in [0, 0.1) is 0 Å². The highest BCUT2D eigenvalue weighted by molar-refractivity contribution is 6.12. The lowest BCUT2D eigenvalue weighted by Crippen LogP contribution is -2.43. The molecule has 8 heteroatoms. The van der Waals surface area contributed by atoms with Crippen LogP contribution in [0.5, 0.6) is 0 Å². The van der Waals surface area contributed by atoms with E-state index in [0.717, 1.165) is 61.3 Å². The first kappa shape index (κ1) is 36.2. The molecule has 3 N–H and O–H groups in total. The molecular formula is C42H47N2O6+. The summed E-state index contributed by atoms with van der Waals surface area (Å²) in [7, 11) is 0. The molecule has 2 unspecified atom stereocenters. The second-order valence-electron chi connectivity index (χ2n) is 13.1. The number of aliphatic hydroxyl groups excluding tert-OH is 1. The van der Waals surface area contributed by atoms with E-state index in [9.17, 15) is 19.5 Å². The topological polar surface area (TPSA) is 118 Å². The van der Waals surface area contributed by atoms with Gasteiger partial charge in [-0.1, -0.05) is 79.2 Å². The highest BCUT2D eigenvalue weighted by atomic mass is 16.4. The summed E-state index contributed by atoms with van der Waals surface area (Å²) < 4.78 is 2.27. The molecule has 0 aromatic heterocycles. The smallest absolute Gasteiger partial charge is 0.303 e. The normalized spacial score (nSPS) is 16.7. The van der Waals surface area contributed by atoms with Gasteiger partial charge in [0.25, 0.3) is 0 Å². The van der Waals surface area contributed by atoms with Crippen molar-refractivity contribution >= 4 is 29.1 Å². The van der Waals surface area contributed by atoms with Gasteiger partial charge in [0.1, 0.15) is 6.54 Å². The fourth-order valence-corrected chi connectivity index (χ4v) is 6.64. The van der Waals surface area contributed by atoms with Crippen molar-refractivity contribution in [3.63, 3.8) is 0 Å². The third-order valence-electron chi connectivity index (χ3n) is 9.39. The van der Waals surface area contributed by atoms with E-state index in [1.165, 1.54) is 11.1 Å². The Kier molecular flexibility index (Phi) is 13.1. The van der Waals surface area contributed by atoms with Gasteiger partial charge in [-0.05, 0) is 66.7 Å². The number of Topliss-reactive ketones (excluding diaryl/α,β-unsaturated/α-hetero) is 1. The van der Waals surface area contributed by atoms with Gasteiger partial charge in [0, 0.05) is 61.3 Å². The number of anilines is 1. The average molecular weight is 676 g/mol. The second-order valence-corrected chi connectivity index (χ2v) is 13.1. The molecule has 50 heavy (non-hydrogen) atoms. The summed E-state index contributed by atoms with van der Waals surface area (Å²) in [6.45, 7) is 2.98. The summed E-state index contributed by atoms with van der Waals surface area (Å²) in [6.07, 6.45) is 12.0. The van der Waals surface area contributed by atoms with E-state index in [4.69, 9.17) is 10.2 Å². The Morgan fingerprint density at radius 3 is 1.84 bits per heavy atom. The first-order chi connectivity index (χ1) is 24.3. The fourth-order valence-electron chi connectivity index (χ4n) is 6.64. The van der Waals surface area contributed by atoms with Crippen molar-refractivity contribution in [2.45, 2.75) is 76.5 Å². The number of allylic oxidation sites excluding steroid dienone is 5. The zero-order valence-corrected chi connectivity index (χ0v) is 28.5. The van der Waals surface area contributed by atoms with Gasteiger partial charge in [-0.2, -0.15) is 0 Å². The zero-order chi connectivity index (χ0) is 35.3. The van der Waals surface area contributed by atoms with Crippen LogP contribution in [0.15, 0.2) is 120 Å². The molecule has 1 saturated carbocycles. The van der Waals surface area contributed by atoms with Crippen molar-refractivity contribution in [1.82, 2.24) is 0 Å². The van der Waals surface area contributed by atoms with Gasteiger partial charge in [-0.15, -0.1) is 0 Å². The minimum atomic E-state index is -0.900. The summed E-state index contributed by atoms with van der Waals surface area (Å²) in [4.78, 5) is 37.6. The molecule has 2 aliphatic rings. The highest BCUT2D eigenvalue weighted by Crippen LogP contribution is 2.41. The molecule has 3 aromatic carbocycles. The molecule has 1 fully saturated rings. The quantitative estimate of drug-likeness (QED) is 0.0749. The SMILES string of the molecule is O=C(O)CCCCCN(Cc1ccccc1)c1ccc(C2C(=O)C(=C3C=CC(=[N+](CCCCCC(=O)O)Cc4ccccc4)C=C3)C2O)cc1. The summed E-state index contributed by atoms with van der Waals surface area (Å²) in [5, 5.41) is 29.2. The molecule has 260 valence electrons. The third-order valence-corrected chi connectivity index (χ3v) is 9.39. The number of carboxylic acids is 2. The summed E-state index contributed by atoms with van der Waals surface area (Å²) >= 11 is 0. The first-order valence-corrected chi connectivity index (χ1v) is 17.6. The molecule has 5 rings (SSSR count). The first-order valence-electron chi connectivity index (χ1n) is 17.6. The van der Waals surface area contributed by atoms with Gasteiger partial charge in [0.2, 0.25) is 0 Å². The summed E-state index contributed by atoms with van der Waals surface area (Å²) in [6, 6.07) is 28.3. The number of benzene rings is 3. The Morgan fingerprint density at radius 2 is 1.26 bits per heavy atom. The lowest BCUT2D eigenvalue weighted by Gasteiger charge is -2.36. The van der Waals surface area contributed by atoms with Crippen LogP contribution in [-0.4, -0.2) is 62.5 Å². The van der Waals surface area contributed by atoms with Crippen molar-refractivity contribution in [3.8, 4) is 0 Å². The van der Waals surface area contributed by atoms with Gasteiger partial charge < -0.3 is 20.2 Å². The van der Waals surface area contributed by atoms with Gasteiger partial charge in [-0.3, -0.25) is 14.4 Å². The molecule has 0 spiro atoms. The molecule has 2 aliphatic carbocycles. The lowest BCUT2D eigenvalue weighted by molar-refractivity contribution is -0.543. The number of hydrogen-bond acceptors (Lipinski definition) is 5. The predicted octanol–water partition coefficient (Wildman–Crippen LogP) is 7.09. The van der Waals surface area contributed by atoms with Crippen LogP contribution in [0.25, 0.3) is 0 Å². The molecule has 0 heterocycles. The van der Waals surface area contributed by atoms with Crippen LogP contribution in [0.3, 0.4) is 0 Å². The van der Waals surface area contributed by atoms with Crippen molar-refractivity contribution in [3.05, 3.63) is 137 Å². The van der Waals surface area contributed by atoms with Crippen LogP contribution in [0.2, 0.25) is 0 Å². The predicted molar refractivity (Wildman–Crippen MR) is 195 cm³/mol. The maximum atomic E-state index is 13.5. The number of nitrogens with zero attached hydrogens (tertiary/aromatic N) is 2. The van der Waals surface area contributed by atoms with E-state index in [0.29, 0.717) is 31.5 Å². The third kappa shape index (κ3) is 9.98. The lowest BCUT2D eigenvalue weighted by atomic mass is 9.69. The van der Waals surface area contributed by atoms with Gasteiger partial charge >= 0.3 is 11.9 Å². The van der Waals surface area contributed by atoms with Crippen LogP contribution in [0.4, 0.5) is 5.69 Å². The Labute approximate surface area is 294 Å². The van der Waals surface area contributed by atoms with Crippen LogP contribution < -0.4 is 4.90 Å². The molecule has 3 aromatic rings. The van der Waals surface area contributed by atoms with Crippen LogP contribution in [-0.2, 0) is 27.5 Å². The van der Waals surface area contributed by atoms with E-state index in [1.807, 2.05) is 85.0 Å². The summed E-state index contributed by atoms with van der Waals surface area (Å²) in [5.74, 6) is -2.22. The van der Waals surface area contributed by atoms with E-state index in [2.05, 4.69) is 33.7 Å². The van der Waals surface area contributed by atoms with Crippen LogP contribution >= 0.6 is 0 Å². The molecule has 0 bridgehead atoms. The molecule has 8 nitrogen and oxygen atoms in total. The Balaban J connectivity index is 1.26. The Morgan fingerprint density at radius 1 is 0.680 bits per heavy atom. The standard InChI is InChI=1S/C42H46N2O6/c45-37(46)17-9-3-11-27-43(29-31-13-5-1-6-14-31)35-23-19-33(20-24-35)39-41(49)40(42(39)50)34-21-25-36(26-22-34)44(28-12-4-10-18-38(47)48)30-32-15-7-2-8-16-32/h1-2,5-8,13-16,19-26,39,41,49H,3-4,9-12,17-18,27-30H2,(H-,45,46,47,48)/p+1. The maximum Gasteiger partial charge on any atom is 0.303 e. The van der Waals surface area contributed by atoms with Crippen molar-refractivity contribution < 1.29 is 34.3 Å². The molecule has 0 amide bonds. The largest absolute Gasteiger partial charge is 0.481 e. The number of unbranched alkanes of at least 4 members (excludes halogenated alkanes) is 4. The Hall–Kier alpha value is -5.08. The maximum absolute atomic E-state index is 13.5. The molecule has 0 radical (unpaired) electrons. The van der Waals surface area contributed by atoms with Gasteiger partial charge in [0.05, 0.1) is 12.0 Å². The molecular weight excluding hydrogens is 628 g/mol. The molecule has 2 atom stereocenters. The number of aliphatic carboxylic acids is 2. The number of hydrogen-bond donors (Lipinski definition) is 3. The van der Waals surface area contributed by atoms with E-state index < -0.39 is 24.0 Å². The molecule has 0 saturated heterocycles. The van der Waals surface area contributed by atoms with Crippen molar-refractivity contribution in [2.75, 3.05) is 18.0 Å². The van der Waals surface area contributed by atoms with Crippen LogP contribution in [0.1, 0.15) is 74.0 Å². The summed E-state index contributed by atoms with van der Waals surface area (Å²) in [5.41, 5.74) is 6.30. The fraction of sp³-hybridized carbons (Fsp3) is 0.333. The minimum Gasteiger partial charge on any atom is -0.481 e. The average Bonchev–Trinajstić information content (AvgIpc) is 3.12. The molecule has 0 aliphatic heterocycles. The van der Waals surface area contributed by atoms with Crippen molar-refractivity contribution in [1.29, 1.82) is 0 Å². The number of rotatable bonds is 18. The number of carbonyl (C=O) groups is 3. The minimum absolute atomic E-state index is 0.0721. The highest BCUT2D eigenvalue weighted by Gasteiger charge is 2.46. The van der Waals surface area contributed by atoms with Crippen molar-refractivity contribution in [2.24, 2.45) is 0 Å². The monoisotopic (exact) mass is 675 g/mol. The Bertz CT molecular complexity index is 1720. The number of carbonyl (C=O) groups excluding carboxylic acids is 1. The van der Waals surface area contributed by atoms with E-state index in [1.54, 1.807) is 0 Å². The van der Waals surface area contributed by atoms with E-state index >= 15 is 0 Å². The number of carboxylic acid groups (broad SMARTS) is 2.